The van der Waals surface area contributed by atoms with E-state index in [2.05, 4.69) is 0 Å². The first-order valence-corrected chi connectivity index (χ1v) is 11.4. The smallest absolute Gasteiger partial charge is 0.228 e. The minimum absolute atomic E-state index is 0.0830. The Labute approximate surface area is 180 Å². The third-order valence-corrected chi connectivity index (χ3v) is 9.55. The van der Waals surface area contributed by atoms with Crippen LogP contribution in [0, 0.1) is 28.6 Å². The van der Waals surface area contributed by atoms with Gasteiger partial charge in [0.15, 0.2) is 16.6 Å². The van der Waals surface area contributed by atoms with Crippen LogP contribution < -0.4 is 0 Å². The van der Waals surface area contributed by atoms with E-state index in [1.165, 1.54) is 19.1 Å². The molecule has 2 N–H and O–H groups in total. The number of hydrogen-bond acceptors (Lipinski definition) is 6. The van der Waals surface area contributed by atoms with Crippen molar-refractivity contribution in [2.45, 2.75) is 70.8 Å². The lowest BCUT2D eigenvalue weighted by atomic mass is 9.45. The molecule has 8 atom stereocenters. The van der Waals surface area contributed by atoms with Gasteiger partial charge in [0.1, 0.15) is 5.60 Å². The maximum atomic E-state index is 17.0. The Morgan fingerprint density at radius 1 is 1.27 bits per heavy atom. The van der Waals surface area contributed by atoms with Gasteiger partial charge in [-0.15, -0.1) is 0 Å². The Morgan fingerprint density at radius 2 is 1.93 bits per heavy atom. The van der Waals surface area contributed by atoms with Gasteiger partial charge in [0.25, 0.3) is 0 Å². The summed E-state index contributed by atoms with van der Waals surface area (Å²) in [6.45, 7) is 6.54. The Kier molecular flexibility index (Phi) is 4.82. The number of fused-ring (bicyclic) bond motifs is 5. The van der Waals surface area contributed by atoms with Crippen molar-refractivity contribution < 1.29 is 29.0 Å². The molecule has 0 radical (unpaired) electrons. The Morgan fingerprint density at radius 3 is 2.57 bits per heavy atom. The monoisotopic (exact) mass is 436 g/mol. The van der Waals surface area contributed by atoms with Gasteiger partial charge in [0, 0.05) is 23.7 Å². The lowest BCUT2D eigenvalue weighted by Crippen LogP contribution is -2.69. The van der Waals surface area contributed by atoms with E-state index in [9.17, 15) is 24.6 Å². The number of thioether (sulfide) groups is 1. The zero-order valence-corrected chi connectivity index (χ0v) is 18.6. The molecule has 3 saturated carbocycles. The first kappa shape index (κ1) is 21.9. The summed E-state index contributed by atoms with van der Waals surface area (Å²) in [5.41, 5.74) is -5.27. The van der Waals surface area contributed by atoms with Gasteiger partial charge >= 0.3 is 0 Å². The maximum Gasteiger partial charge on any atom is 0.228 e. The van der Waals surface area contributed by atoms with E-state index in [1.54, 1.807) is 26.8 Å². The number of hydrogen-bond donors (Lipinski definition) is 2. The Bertz CT molecular complexity index is 898. The van der Waals surface area contributed by atoms with Crippen LogP contribution in [0.3, 0.4) is 0 Å². The van der Waals surface area contributed by atoms with E-state index in [-0.39, 0.29) is 18.1 Å². The standard InChI is InChI=1S/C23H29FO5S/c1-12-9-17-16-6-5-14-10-15(26)7-8-20(14,3)22(16,24)18(27)11-21(17,4)23(12,29)19(28)30-13(2)25/h7-8,10,12,16-18,27,29H,5-6,9,11H2,1-4H3/t12-,16-,17-,18-,20-,21-,22-,23-/m0/s1. The molecule has 0 aromatic heterocycles. The van der Waals surface area contributed by atoms with Crippen molar-refractivity contribution in [2.75, 3.05) is 0 Å². The largest absolute Gasteiger partial charge is 0.390 e. The van der Waals surface area contributed by atoms with E-state index < -0.39 is 50.3 Å². The summed E-state index contributed by atoms with van der Waals surface area (Å²) in [4.78, 5) is 36.4. The van der Waals surface area contributed by atoms with Gasteiger partial charge in [-0.1, -0.05) is 25.5 Å². The number of aliphatic hydroxyl groups excluding tert-OH is 1. The molecular formula is C23H29FO5S. The van der Waals surface area contributed by atoms with E-state index in [1.807, 2.05) is 0 Å². The van der Waals surface area contributed by atoms with Crippen molar-refractivity contribution in [2.24, 2.45) is 28.6 Å². The van der Waals surface area contributed by atoms with Crippen LogP contribution in [-0.4, -0.2) is 43.6 Å². The average Bonchev–Trinajstić information content (AvgIpc) is 2.85. The molecule has 30 heavy (non-hydrogen) atoms. The fraction of sp³-hybridized carbons (Fsp3) is 0.696. The normalized spacial score (nSPS) is 49.7. The van der Waals surface area contributed by atoms with Crippen LogP contribution in [0.15, 0.2) is 23.8 Å². The van der Waals surface area contributed by atoms with Gasteiger partial charge in [-0.2, -0.15) is 0 Å². The van der Waals surface area contributed by atoms with Crippen LogP contribution >= 0.6 is 11.8 Å². The van der Waals surface area contributed by atoms with Crippen LogP contribution in [0.4, 0.5) is 4.39 Å². The second kappa shape index (κ2) is 6.59. The Balaban J connectivity index is 1.80. The fourth-order valence-electron chi connectivity index (χ4n) is 7.19. The van der Waals surface area contributed by atoms with E-state index >= 15 is 4.39 Å². The zero-order valence-electron chi connectivity index (χ0n) is 17.8. The van der Waals surface area contributed by atoms with Crippen molar-refractivity contribution in [3.8, 4) is 0 Å². The van der Waals surface area contributed by atoms with Gasteiger partial charge in [0.2, 0.25) is 5.12 Å². The summed E-state index contributed by atoms with van der Waals surface area (Å²) >= 11 is 0.495. The highest BCUT2D eigenvalue weighted by atomic mass is 32.2. The summed E-state index contributed by atoms with van der Waals surface area (Å²) < 4.78 is 17.0. The molecule has 3 fully saturated rings. The number of allylic oxidation sites excluding steroid dienone is 4. The third-order valence-electron chi connectivity index (χ3n) is 8.77. The van der Waals surface area contributed by atoms with Gasteiger partial charge in [-0.3, -0.25) is 14.4 Å². The maximum absolute atomic E-state index is 17.0. The molecule has 0 aromatic carbocycles. The first-order chi connectivity index (χ1) is 13.8. The predicted molar refractivity (Wildman–Crippen MR) is 111 cm³/mol. The van der Waals surface area contributed by atoms with Crippen molar-refractivity contribution in [3.63, 3.8) is 0 Å². The van der Waals surface area contributed by atoms with Crippen LogP contribution in [0.5, 0.6) is 0 Å². The number of carbonyl (C=O) groups excluding carboxylic acids is 3. The van der Waals surface area contributed by atoms with E-state index in [0.717, 1.165) is 0 Å². The molecule has 164 valence electrons. The molecule has 0 saturated heterocycles. The summed E-state index contributed by atoms with van der Waals surface area (Å²) in [6, 6.07) is 0. The number of carbonyl (C=O) groups is 3. The molecule has 5 nitrogen and oxygen atoms in total. The minimum Gasteiger partial charge on any atom is -0.390 e. The molecule has 4 rings (SSSR count). The second-order valence-corrected chi connectivity index (χ2v) is 11.2. The number of halogens is 1. The lowest BCUT2D eigenvalue weighted by molar-refractivity contribution is -0.216. The van der Waals surface area contributed by atoms with E-state index in [0.29, 0.717) is 36.6 Å². The van der Waals surface area contributed by atoms with Gasteiger partial charge < -0.3 is 10.2 Å². The quantitative estimate of drug-likeness (QED) is 0.656. The van der Waals surface area contributed by atoms with Gasteiger partial charge in [0.05, 0.1) is 6.10 Å². The van der Waals surface area contributed by atoms with Crippen molar-refractivity contribution >= 4 is 27.8 Å². The highest BCUT2D eigenvalue weighted by Crippen LogP contribution is 2.71. The second-order valence-electron chi connectivity index (χ2n) is 10.0. The van der Waals surface area contributed by atoms with Gasteiger partial charge in [-0.25, -0.2) is 4.39 Å². The summed E-state index contributed by atoms with van der Waals surface area (Å²) in [5.74, 6) is -1.53. The fourth-order valence-corrected chi connectivity index (χ4v) is 8.04. The summed E-state index contributed by atoms with van der Waals surface area (Å²) in [7, 11) is 0. The summed E-state index contributed by atoms with van der Waals surface area (Å²) in [6.07, 6.45) is 4.36. The van der Waals surface area contributed by atoms with Crippen LogP contribution in [0.1, 0.15) is 53.4 Å². The SMILES string of the molecule is CC(=O)SC(=O)[C@@]1(O)[C@@H](C)C[C@H]2[C@@H]3CCC4=CC(=O)C=C[C@]4(C)[C@@]3(F)[C@@H](O)C[C@@]21C. The average molecular weight is 437 g/mol. The molecule has 0 aliphatic heterocycles. The highest BCUT2D eigenvalue weighted by Gasteiger charge is 2.75. The molecule has 7 heteroatoms. The Hall–Kier alpha value is -1.31. The molecule has 0 amide bonds. The molecule has 0 heterocycles. The van der Waals surface area contributed by atoms with Crippen molar-refractivity contribution in [1.29, 1.82) is 0 Å². The molecular weight excluding hydrogens is 407 g/mol. The number of aliphatic hydroxyl groups is 2. The minimum atomic E-state index is -2.00. The zero-order chi connectivity index (χ0) is 22.3. The molecule has 4 aliphatic rings. The topological polar surface area (TPSA) is 91.7 Å². The number of alkyl halides is 1. The van der Waals surface area contributed by atoms with Crippen LogP contribution in [0.25, 0.3) is 0 Å². The molecule has 0 unspecified atom stereocenters. The molecule has 4 aliphatic carbocycles. The van der Waals surface area contributed by atoms with Crippen molar-refractivity contribution in [3.05, 3.63) is 23.8 Å². The van der Waals surface area contributed by atoms with Crippen LogP contribution in [0.2, 0.25) is 0 Å². The van der Waals surface area contributed by atoms with Gasteiger partial charge in [-0.05, 0) is 68.4 Å². The van der Waals surface area contributed by atoms with Crippen LogP contribution in [-0.2, 0) is 14.4 Å². The molecule has 0 spiro atoms. The first-order valence-electron chi connectivity index (χ1n) is 10.6. The molecule has 0 aromatic rings. The third kappa shape index (κ3) is 2.46. The lowest BCUT2D eigenvalue weighted by Gasteiger charge is -2.62. The summed E-state index contributed by atoms with van der Waals surface area (Å²) in [5, 5.41) is 21.8. The predicted octanol–water partition coefficient (Wildman–Crippen LogP) is 3.14. The highest BCUT2D eigenvalue weighted by molar-refractivity contribution is 8.26. The number of rotatable bonds is 1. The van der Waals surface area contributed by atoms with Crippen molar-refractivity contribution in [1.82, 2.24) is 0 Å². The van der Waals surface area contributed by atoms with E-state index in [4.69, 9.17) is 0 Å². The molecule has 0 bridgehead atoms. The number of ketones is 1.